The SMILES string of the molecule is Clc1c(I)cc(Br)cc1N(c1ccccc1)c1ccccc1. The third kappa shape index (κ3) is 3.31. The van der Waals surface area contributed by atoms with Crippen LogP contribution in [0.2, 0.25) is 5.02 Å². The van der Waals surface area contributed by atoms with Crippen LogP contribution in [0.25, 0.3) is 0 Å². The molecule has 0 fully saturated rings. The maximum Gasteiger partial charge on any atom is 0.0780 e. The number of hydrogen-bond donors (Lipinski definition) is 0. The molecule has 4 heteroatoms. The van der Waals surface area contributed by atoms with E-state index in [4.69, 9.17) is 11.6 Å². The Labute approximate surface area is 157 Å². The van der Waals surface area contributed by atoms with Crippen molar-refractivity contribution in [1.29, 1.82) is 0 Å². The summed E-state index contributed by atoms with van der Waals surface area (Å²) in [6, 6.07) is 24.5. The van der Waals surface area contributed by atoms with Crippen LogP contribution in [0.1, 0.15) is 0 Å². The lowest BCUT2D eigenvalue weighted by Gasteiger charge is -2.26. The van der Waals surface area contributed by atoms with Crippen molar-refractivity contribution in [2.45, 2.75) is 0 Å². The van der Waals surface area contributed by atoms with E-state index in [1.165, 1.54) is 0 Å². The Morgan fingerprint density at radius 1 is 0.818 bits per heavy atom. The molecule has 0 aliphatic heterocycles. The lowest BCUT2D eigenvalue weighted by atomic mass is 10.2. The highest BCUT2D eigenvalue weighted by Gasteiger charge is 2.17. The van der Waals surface area contributed by atoms with Gasteiger partial charge in [0.15, 0.2) is 0 Å². The molecule has 0 heterocycles. The molecular weight excluding hydrogens is 472 g/mol. The van der Waals surface area contributed by atoms with Gasteiger partial charge in [-0.1, -0.05) is 63.9 Å². The third-order valence-electron chi connectivity index (χ3n) is 3.24. The minimum atomic E-state index is 0.747. The molecule has 0 spiro atoms. The topological polar surface area (TPSA) is 3.24 Å². The van der Waals surface area contributed by atoms with Gasteiger partial charge in [-0.15, -0.1) is 0 Å². The summed E-state index contributed by atoms with van der Waals surface area (Å²) >= 11 is 12.4. The first kappa shape index (κ1) is 15.8. The lowest BCUT2D eigenvalue weighted by Crippen LogP contribution is -2.10. The molecule has 0 aromatic heterocycles. The zero-order chi connectivity index (χ0) is 15.5. The quantitative estimate of drug-likeness (QED) is 0.281. The Morgan fingerprint density at radius 2 is 1.32 bits per heavy atom. The van der Waals surface area contributed by atoms with Gasteiger partial charge in [-0.2, -0.15) is 0 Å². The first-order valence-electron chi connectivity index (χ1n) is 6.71. The van der Waals surface area contributed by atoms with Gasteiger partial charge in [0.2, 0.25) is 0 Å². The summed E-state index contributed by atoms with van der Waals surface area (Å²) in [5.41, 5.74) is 3.10. The molecule has 0 amide bonds. The normalized spacial score (nSPS) is 10.5. The largest absolute Gasteiger partial charge is 0.309 e. The van der Waals surface area contributed by atoms with Crippen LogP contribution in [0.4, 0.5) is 17.1 Å². The highest BCUT2D eigenvalue weighted by molar-refractivity contribution is 14.1. The minimum absolute atomic E-state index is 0.747. The average Bonchev–Trinajstić information content (AvgIpc) is 2.54. The lowest BCUT2D eigenvalue weighted by molar-refractivity contribution is 1.27. The van der Waals surface area contributed by atoms with Crippen LogP contribution in [0.15, 0.2) is 77.3 Å². The van der Waals surface area contributed by atoms with E-state index in [-0.39, 0.29) is 0 Å². The molecule has 22 heavy (non-hydrogen) atoms. The van der Waals surface area contributed by atoms with Gasteiger partial charge in [0.05, 0.1) is 10.7 Å². The van der Waals surface area contributed by atoms with Crippen LogP contribution in [0, 0.1) is 3.57 Å². The predicted molar refractivity (Wildman–Crippen MR) is 107 cm³/mol. The molecule has 0 atom stereocenters. The molecule has 1 nitrogen and oxygen atoms in total. The maximum atomic E-state index is 6.59. The zero-order valence-corrected chi connectivity index (χ0v) is 16.0. The summed E-state index contributed by atoms with van der Waals surface area (Å²) in [5, 5.41) is 0.747. The van der Waals surface area contributed by atoms with Gasteiger partial charge in [0, 0.05) is 19.4 Å². The summed E-state index contributed by atoms with van der Waals surface area (Å²) in [4.78, 5) is 2.16. The fraction of sp³-hybridized carbons (Fsp3) is 0. The number of para-hydroxylation sites is 2. The molecule has 0 bridgehead atoms. The van der Waals surface area contributed by atoms with Crippen LogP contribution < -0.4 is 4.90 Å². The van der Waals surface area contributed by atoms with Gasteiger partial charge < -0.3 is 4.90 Å². The van der Waals surface area contributed by atoms with Crippen LogP contribution >= 0.6 is 50.1 Å². The molecule has 0 saturated carbocycles. The van der Waals surface area contributed by atoms with Gasteiger partial charge in [-0.3, -0.25) is 0 Å². The average molecular weight is 485 g/mol. The molecule has 3 rings (SSSR count). The van der Waals surface area contributed by atoms with E-state index in [0.29, 0.717) is 0 Å². The molecule has 110 valence electrons. The number of anilines is 3. The van der Waals surface area contributed by atoms with Crippen molar-refractivity contribution in [3.63, 3.8) is 0 Å². The van der Waals surface area contributed by atoms with Crippen molar-refractivity contribution in [1.82, 2.24) is 0 Å². The van der Waals surface area contributed by atoms with Crippen molar-refractivity contribution in [3.8, 4) is 0 Å². The minimum Gasteiger partial charge on any atom is -0.309 e. The Balaban J connectivity index is 2.23. The molecule has 3 aromatic rings. The molecule has 0 aliphatic rings. The van der Waals surface area contributed by atoms with Crippen LogP contribution in [-0.2, 0) is 0 Å². The molecule has 0 N–H and O–H groups in total. The van der Waals surface area contributed by atoms with Crippen LogP contribution in [-0.4, -0.2) is 0 Å². The van der Waals surface area contributed by atoms with Crippen molar-refractivity contribution >= 4 is 67.2 Å². The monoisotopic (exact) mass is 483 g/mol. The number of rotatable bonds is 3. The van der Waals surface area contributed by atoms with Gasteiger partial charge in [0.1, 0.15) is 0 Å². The Kier molecular flexibility index (Phi) is 5.06. The number of benzene rings is 3. The second kappa shape index (κ2) is 7.02. The fourth-order valence-electron chi connectivity index (χ4n) is 2.29. The summed E-state index contributed by atoms with van der Waals surface area (Å²) in [6.07, 6.45) is 0. The molecule has 0 unspecified atom stereocenters. The molecule has 0 aliphatic carbocycles. The van der Waals surface area contributed by atoms with Gasteiger partial charge in [-0.05, 0) is 59.0 Å². The van der Waals surface area contributed by atoms with E-state index in [2.05, 4.69) is 67.7 Å². The number of hydrogen-bond acceptors (Lipinski definition) is 1. The molecule has 0 radical (unpaired) electrons. The Bertz CT molecular complexity index is 738. The fourth-order valence-corrected chi connectivity index (χ4v) is 3.97. The second-order valence-electron chi connectivity index (χ2n) is 4.73. The van der Waals surface area contributed by atoms with Gasteiger partial charge >= 0.3 is 0 Å². The first-order chi connectivity index (χ1) is 10.7. The summed E-state index contributed by atoms with van der Waals surface area (Å²) in [5.74, 6) is 0. The van der Waals surface area contributed by atoms with Crippen LogP contribution in [0.5, 0.6) is 0 Å². The smallest absolute Gasteiger partial charge is 0.0780 e. The van der Waals surface area contributed by atoms with E-state index < -0.39 is 0 Å². The Hall–Kier alpha value is -1.04. The predicted octanol–water partition coefficient (Wildman–Crippen LogP) is 7.18. The van der Waals surface area contributed by atoms with Crippen molar-refractivity contribution in [2.24, 2.45) is 0 Å². The second-order valence-corrected chi connectivity index (χ2v) is 7.18. The van der Waals surface area contributed by atoms with Crippen molar-refractivity contribution < 1.29 is 0 Å². The molecule has 3 aromatic carbocycles. The van der Waals surface area contributed by atoms with E-state index in [9.17, 15) is 0 Å². The highest BCUT2D eigenvalue weighted by atomic mass is 127. The van der Waals surface area contributed by atoms with Crippen LogP contribution in [0.3, 0.4) is 0 Å². The van der Waals surface area contributed by atoms with Crippen molar-refractivity contribution in [2.75, 3.05) is 4.90 Å². The number of halogens is 3. The van der Waals surface area contributed by atoms with E-state index in [0.717, 1.165) is 30.1 Å². The third-order valence-corrected chi connectivity index (χ3v) is 5.27. The van der Waals surface area contributed by atoms with E-state index in [1.54, 1.807) is 0 Å². The van der Waals surface area contributed by atoms with E-state index >= 15 is 0 Å². The van der Waals surface area contributed by atoms with E-state index in [1.807, 2.05) is 48.5 Å². The zero-order valence-electron chi connectivity index (χ0n) is 11.5. The highest BCUT2D eigenvalue weighted by Crippen LogP contribution is 2.41. The Morgan fingerprint density at radius 3 is 1.82 bits per heavy atom. The summed E-state index contributed by atoms with van der Waals surface area (Å²) in [6.45, 7) is 0. The maximum absolute atomic E-state index is 6.59. The van der Waals surface area contributed by atoms with Crippen molar-refractivity contribution in [3.05, 3.63) is 85.9 Å². The summed E-state index contributed by atoms with van der Waals surface area (Å²) < 4.78 is 2.02. The molecule has 0 saturated heterocycles. The number of nitrogens with zero attached hydrogens (tertiary/aromatic N) is 1. The summed E-state index contributed by atoms with van der Waals surface area (Å²) in [7, 11) is 0. The van der Waals surface area contributed by atoms with Gasteiger partial charge in [-0.25, -0.2) is 0 Å². The molecular formula is C18H12BrClIN. The first-order valence-corrected chi connectivity index (χ1v) is 8.96. The van der Waals surface area contributed by atoms with Gasteiger partial charge in [0.25, 0.3) is 0 Å². The standard InChI is InChI=1S/C18H12BrClIN/c19-13-11-16(21)18(20)17(12-13)22(14-7-3-1-4-8-14)15-9-5-2-6-10-15/h1-12H.